The van der Waals surface area contributed by atoms with Gasteiger partial charge in [-0.2, -0.15) is 13.2 Å². The van der Waals surface area contributed by atoms with E-state index in [-0.39, 0.29) is 11.6 Å². The van der Waals surface area contributed by atoms with Gasteiger partial charge in [0.05, 0.1) is 5.69 Å². The summed E-state index contributed by atoms with van der Waals surface area (Å²) in [5.74, 6) is 0.138. The lowest BCUT2D eigenvalue weighted by Gasteiger charge is -2.10. The van der Waals surface area contributed by atoms with Crippen LogP contribution >= 0.6 is 0 Å². The average molecular weight is 268 g/mol. The fraction of sp³-hybridized carbons (Fsp3) is 0.154. The zero-order valence-corrected chi connectivity index (χ0v) is 10.0. The monoisotopic (exact) mass is 268 g/mol. The quantitative estimate of drug-likeness (QED) is 0.843. The highest BCUT2D eigenvalue weighted by Crippen LogP contribution is 2.31. The number of aryl methyl sites for hydroxylation is 1. The van der Waals surface area contributed by atoms with Crippen LogP contribution < -0.4 is 10.5 Å². The Balaban J connectivity index is 2.31. The van der Waals surface area contributed by atoms with Crippen LogP contribution in [0.3, 0.4) is 0 Å². The molecule has 2 rings (SSSR count). The number of halogens is 3. The maximum absolute atomic E-state index is 12.5. The van der Waals surface area contributed by atoms with Crippen molar-refractivity contribution in [1.82, 2.24) is 4.98 Å². The molecule has 19 heavy (non-hydrogen) atoms. The molecule has 0 bridgehead atoms. The number of nitrogens with zero attached hydrogens (tertiary/aromatic N) is 1. The molecule has 0 aliphatic rings. The third-order valence-electron chi connectivity index (χ3n) is 2.40. The Morgan fingerprint density at radius 2 is 1.89 bits per heavy atom. The van der Waals surface area contributed by atoms with Crippen LogP contribution in [-0.4, -0.2) is 4.98 Å². The van der Waals surface area contributed by atoms with Gasteiger partial charge in [-0.05, 0) is 30.7 Å². The van der Waals surface area contributed by atoms with E-state index in [1.807, 2.05) is 6.92 Å². The van der Waals surface area contributed by atoms with Crippen LogP contribution in [0.4, 0.5) is 18.9 Å². The first-order valence-electron chi connectivity index (χ1n) is 5.44. The minimum absolute atomic E-state index is 0.146. The van der Waals surface area contributed by atoms with E-state index in [1.54, 1.807) is 18.2 Å². The lowest BCUT2D eigenvalue weighted by atomic mass is 10.2. The molecule has 0 atom stereocenters. The molecule has 0 aliphatic carbocycles. The summed E-state index contributed by atoms with van der Waals surface area (Å²) >= 11 is 0. The smallest absolute Gasteiger partial charge is 0.433 e. The third kappa shape index (κ3) is 3.15. The van der Waals surface area contributed by atoms with E-state index in [0.717, 1.165) is 11.6 Å². The van der Waals surface area contributed by atoms with Gasteiger partial charge in [0.15, 0.2) is 5.75 Å². The molecule has 100 valence electrons. The van der Waals surface area contributed by atoms with Crippen molar-refractivity contribution in [2.45, 2.75) is 13.1 Å². The van der Waals surface area contributed by atoms with Crippen molar-refractivity contribution < 1.29 is 17.9 Å². The molecule has 0 aliphatic heterocycles. The number of alkyl halides is 3. The molecule has 0 saturated heterocycles. The fourth-order valence-corrected chi connectivity index (χ4v) is 1.47. The Bertz CT molecular complexity index is 597. The Kier molecular flexibility index (Phi) is 3.33. The lowest BCUT2D eigenvalue weighted by Crippen LogP contribution is -2.08. The highest BCUT2D eigenvalue weighted by molar-refractivity contribution is 5.54. The Morgan fingerprint density at radius 1 is 1.16 bits per heavy atom. The second-order valence-corrected chi connectivity index (χ2v) is 4.00. The van der Waals surface area contributed by atoms with Gasteiger partial charge in [0.2, 0.25) is 5.88 Å². The number of pyridine rings is 1. The van der Waals surface area contributed by atoms with Crippen LogP contribution in [0, 0.1) is 6.92 Å². The van der Waals surface area contributed by atoms with Crippen molar-refractivity contribution in [3.63, 3.8) is 0 Å². The first kappa shape index (κ1) is 13.2. The first-order valence-corrected chi connectivity index (χ1v) is 5.44. The van der Waals surface area contributed by atoms with Crippen LogP contribution in [0.2, 0.25) is 0 Å². The van der Waals surface area contributed by atoms with Gasteiger partial charge in [-0.1, -0.05) is 12.1 Å². The van der Waals surface area contributed by atoms with E-state index in [4.69, 9.17) is 10.5 Å². The molecule has 3 nitrogen and oxygen atoms in total. The molecule has 0 amide bonds. The zero-order chi connectivity index (χ0) is 14.0. The van der Waals surface area contributed by atoms with E-state index in [9.17, 15) is 13.2 Å². The standard InChI is InChI=1S/C13H11F3N2O/c1-8-5-6-9(17)10(7-8)19-12-4-2-3-11(18-12)13(14,15)16/h2-7H,17H2,1H3. The minimum Gasteiger partial charge on any atom is -0.437 e. The molecular weight excluding hydrogens is 257 g/mol. The Labute approximate surface area is 107 Å². The number of nitrogens with two attached hydrogens (primary N) is 1. The number of nitrogen functional groups attached to an aromatic ring is 1. The molecule has 0 fully saturated rings. The predicted molar refractivity (Wildman–Crippen MR) is 64.9 cm³/mol. The van der Waals surface area contributed by atoms with Gasteiger partial charge in [-0.3, -0.25) is 0 Å². The van der Waals surface area contributed by atoms with Gasteiger partial charge >= 0.3 is 6.18 Å². The summed E-state index contributed by atoms with van der Waals surface area (Å²) in [7, 11) is 0. The summed E-state index contributed by atoms with van der Waals surface area (Å²) in [5, 5.41) is 0. The maximum atomic E-state index is 12.5. The number of aromatic nitrogens is 1. The number of hydrogen-bond acceptors (Lipinski definition) is 3. The van der Waals surface area contributed by atoms with Crippen LogP contribution in [-0.2, 0) is 6.18 Å². The first-order chi connectivity index (χ1) is 8.86. The molecule has 6 heteroatoms. The van der Waals surface area contributed by atoms with Crippen LogP contribution in [0.1, 0.15) is 11.3 Å². The van der Waals surface area contributed by atoms with Crippen molar-refractivity contribution in [3.05, 3.63) is 47.7 Å². The molecular formula is C13H11F3N2O. The molecule has 0 saturated carbocycles. The van der Waals surface area contributed by atoms with Gasteiger partial charge in [-0.25, -0.2) is 4.98 Å². The Hall–Kier alpha value is -2.24. The molecule has 0 spiro atoms. The topological polar surface area (TPSA) is 48.1 Å². The minimum atomic E-state index is -4.50. The van der Waals surface area contributed by atoms with Crippen LogP contribution in [0.15, 0.2) is 36.4 Å². The maximum Gasteiger partial charge on any atom is 0.433 e. The average Bonchev–Trinajstić information content (AvgIpc) is 2.33. The molecule has 0 radical (unpaired) electrons. The molecule has 1 aromatic heterocycles. The third-order valence-corrected chi connectivity index (χ3v) is 2.40. The van der Waals surface area contributed by atoms with Gasteiger partial charge in [-0.15, -0.1) is 0 Å². The lowest BCUT2D eigenvalue weighted by molar-refractivity contribution is -0.141. The summed E-state index contributed by atoms with van der Waals surface area (Å²) in [6, 6.07) is 8.50. The molecule has 1 heterocycles. The molecule has 1 aromatic carbocycles. The zero-order valence-electron chi connectivity index (χ0n) is 10.0. The predicted octanol–water partition coefficient (Wildman–Crippen LogP) is 3.78. The van der Waals surface area contributed by atoms with Crippen LogP contribution in [0.5, 0.6) is 11.6 Å². The van der Waals surface area contributed by atoms with Crippen molar-refractivity contribution >= 4 is 5.69 Å². The van der Waals surface area contributed by atoms with E-state index < -0.39 is 11.9 Å². The summed E-state index contributed by atoms with van der Waals surface area (Å²) in [6.07, 6.45) is -4.50. The molecule has 2 N–H and O–H groups in total. The van der Waals surface area contributed by atoms with Gasteiger partial charge in [0.1, 0.15) is 5.69 Å². The van der Waals surface area contributed by atoms with Crippen LogP contribution in [0.25, 0.3) is 0 Å². The number of hydrogen-bond donors (Lipinski definition) is 1. The van der Waals surface area contributed by atoms with Crippen molar-refractivity contribution in [2.24, 2.45) is 0 Å². The van der Waals surface area contributed by atoms with Crippen molar-refractivity contribution in [1.29, 1.82) is 0 Å². The summed E-state index contributed by atoms with van der Waals surface area (Å²) in [5.41, 5.74) is 5.91. The SMILES string of the molecule is Cc1ccc(N)c(Oc2cccc(C(F)(F)F)n2)c1. The van der Waals surface area contributed by atoms with E-state index in [1.165, 1.54) is 12.1 Å². The van der Waals surface area contributed by atoms with Crippen molar-refractivity contribution in [2.75, 3.05) is 5.73 Å². The summed E-state index contributed by atoms with van der Waals surface area (Å²) < 4.78 is 42.8. The second-order valence-electron chi connectivity index (χ2n) is 4.00. The number of rotatable bonds is 2. The normalized spacial score (nSPS) is 11.4. The highest BCUT2D eigenvalue weighted by atomic mass is 19.4. The summed E-state index contributed by atoms with van der Waals surface area (Å²) in [6.45, 7) is 1.83. The highest BCUT2D eigenvalue weighted by Gasteiger charge is 2.32. The number of ether oxygens (including phenoxy) is 1. The van der Waals surface area contributed by atoms with E-state index >= 15 is 0 Å². The summed E-state index contributed by atoms with van der Waals surface area (Å²) in [4.78, 5) is 3.41. The van der Waals surface area contributed by atoms with Gasteiger partial charge in [0.25, 0.3) is 0 Å². The molecule has 2 aromatic rings. The van der Waals surface area contributed by atoms with Gasteiger partial charge < -0.3 is 10.5 Å². The number of anilines is 1. The van der Waals surface area contributed by atoms with Crippen molar-refractivity contribution in [3.8, 4) is 11.6 Å². The van der Waals surface area contributed by atoms with E-state index in [0.29, 0.717) is 5.69 Å². The largest absolute Gasteiger partial charge is 0.437 e. The van der Waals surface area contributed by atoms with E-state index in [2.05, 4.69) is 4.98 Å². The Morgan fingerprint density at radius 3 is 2.58 bits per heavy atom. The fourth-order valence-electron chi connectivity index (χ4n) is 1.47. The van der Waals surface area contributed by atoms with Gasteiger partial charge in [0, 0.05) is 6.07 Å². The number of benzene rings is 1. The second kappa shape index (κ2) is 4.79. The molecule has 0 unspecified atom stereocenters.